The fourth-order valence-electron chi connectivity index (χ4n) is 10.9. The van der Waals surface area contributed by atoms with Gasteiger partial charge < -0.3 is 18.8 Å². The lowest BCUT2D eigenvalue weighted by Gasteiger charge is -2.37. The van der Waals surface area contributed by atoms with Gasteiger partial charge >= 0.3 is 0 Å². The first-order chi connectivity index (χ1) is 34.1. The zero-order valence-electron chi connectivity index (χ0n) is 37.2. The second-order valence-corrected chi connectivity index (χ2v) is 21.3. The summed E-state index contributed by atoms with van der Waals surface area (Å²) in [4.78, 5) is 6.12. The Hall–Kier alpha value is -9.40. The van der Waals surface area contributed by atoms with Gasteiger partial charge in [-0.3, -0.25) is 0 Å². The molecule has 2 aromatic heterocycles. The standard InChI is InChI=1S/C62H39N5OSi/c1-64-43-29-33-58-54(37-43)52-25-12-14-27-56(52)66(58)46-31-35-60-62(40-46)68-61-39-45(65-55-26-13-11-24-51(55)53-36-42(41-63)28-32-57(53)65)30-34-59(61)67(60)44-16-15-23-50(38-44)69(47-17-5-2-6-18-47,48-19-7-3-8-20-48)49-21-9-4-10-22-49/h2-40H. The van der Waals surface area contributed by atoms with Gasteiger partial charge in [0.15, 0.2) is 25.3 Å². The van der Waals surface area contributed by atoms with Gasteiger partial charge in [-0.15, -0.1) is 0 Å². The summed E-state index contributed by atoms with van der Waals surface area (Å²) in [6.07, 6.45) is 0. The minimum atomic E-state index is -2.89. The molecule has 6 nitrogen and oxygen atoms in total. The minimum Gasteiger partial charge on any atom is -0.453 e. The summed E-state index contributed by atoms with van der Waals surface area (Å²) in [7, 11) is -2.89. The normalized spacial score (nSPS) is 12.1. The van der Waals surface area contributed by atoms with Gasteiger partial charge in [0.2, 0.25) is 0 Å². The summed E-state index contributed by atoms with van der Waals surface area (Å²) in [5.41, 5.74) is 10.1. The second-order valence-electron chi connectivity index (χ2n) is 17.5. The molecule has 0 saturated heterocycles. The maximum Gasteiger partial charge on any atom is 0.188 e. The van der Waals surface area contributed by atoms with E-state index in [1.54, 1.807) is 0 Å². The molecule has 0 unspecified atom stereocenters. The number of hydrogen-bond donors (Lipinski definition) is 0. The Morgan fingerprint density at radius 2 is 0.884 bits per heavy atom. The van der Waals surface area contributed by atoms with Crippen LogP contribution in [-0.2, 0) is 0 Å². The number of aromatic nitrogens is 2. The van der Waals surface area contributed by atoms with Gasteiger partial charge in [-0.2, -0.15) is 5.26 Å². The van der Waals surface area contributed by atoms with Crippen LogP contribution in [0.1, 0.15) is 5.56 Å². The second kappa shape index (κ2) is 15.9. The molecule has 322 valence electrons. The molecule has 12 aromatic rings. The van der Waals surface area contributed by atoms with E-state index in [0.717, 1.165) is 72.0 Å². The highest BCUT2D eigenvalue weighted by molar-refractivity contribution is 7.19. The van der Waals surface area contributed by atoms with Crippen molar-refractivity contribution in [1.29, 1.82) is 5.26 Å². The largest absolute Gasteiger partial charge is 0.453 e. The van der Waals surface area contributed by atoms with Gasteiger partial charge in [-0.1, -0.05) is 146 Å². The van der Waals surface area contributed by atoms with E-state index in [1.165, 1.54) is 20.7 Å². The molecule has 10 aromatic carbocycles. The van der Waals surface area contributed by atoms with Crippen LogP contribution in [0.25, 0.3) is 59.8 Å². The summed E-state index contributed by atoms with van der Waals surface area (Å²) >= 11 is 0. The van der Waals surface area contributed by atoms with E-state index in [-0.39, 0.29) is 0 Å². The van der Waals surface area contributed by atoms with Gasteiger partial charge in [0.25, 0.3) is 0 Å². The van der Waals surface area contributed by atoms with E-state index in [9.17, 15) is 5.26 Å². The average molecular weight is 898 g/mol. The van der Waals surface area contributed by atoms with Gasteiger partial charge in [0.05, 0.1) is 63.0 Å². The van der Waals surface area contributed by atoms with E-state index >= 15 is 0 Å². The third-order valence-electron chi connectivity index (χ3n) is 13.8. The van der Waals surface area contributed by atoms with Crippen LogP contribution in [0.15, 0.2) is 237 Å². The molecule has 0 aliphatic carbocycles. The lowest BCUT2D eigenvalue weighted by atomic mass is 10.1. The van der Waals surface area contributed by atoms with Crippen molar-refractivity contribution in [3.05, 3.63) is 254 Å². The maximum absolute atomic E-state index is 9.88. The number of nitrogens with zero attached hydrogens (tertiary/aromatic N) is 5. The smallest absolute Gasteiger partial charge is 0.188 e. The lowest BCUT2D eigenvalue weighted by Crippen LogP contribution is -2.74. The Morgan fingerprint density at radius 1 is 0.406 bits per heavy atom. The van der Waals surface area contributed by atoms with Crippen molar-refractivity contribution in [2.45, 2.75) is 0 Å². The number of rotatable bonds is 7. The van der Waals surface area contributed by atoms with Gasteiger partial charge in [0, 0.05) is 34.0 Å². The van der Waals surface area contributed by atoms with E-state index in [0.29, 0.717) is 22.7 Å². The summed E-state index contributed by atoms with van der Waals surface area (Å²) in [5, 5.41) is 19.3. The third kappa shape index (κ3) is 6.16. The van der Waals surface area contributed by atoms with Crippen LogP contribution in [0, 0.1) is 17.9 Å². The Kier molecular flexibility index (Phi) is 9.19. The van der Waals surface area contributed by atoms with Crippen molar-refractivity contribution in [3.8, 4) is 28.9 Å². The summed E-state index contributed by atoms with van der Waals surface area (Å²) in [6.45, 7) is 7.77. The molecule has 69 heavy (non-hydrogen) atoms. The van der Waals surface area contributed by atoms with Gasteiger partial charge in [-0.25, -0.2) is 4.85 Å². The summed E-state index contributed by atoms with van der Waals surface area (Å²) in [6, 6.07) is 86.2. The molecule has 0 radical (unpaired) electrons. The maximum atomic E-state index is 9.88. The molecular weight excluding hydrogens is 859 g/mol. The monoisotopic (exact) mass is 897 g/mol. The van der Waals surface area contributed by atoms with Crippen LogP contribution in [-0.4, -0.2) is 17.2 Å². The Morgan fingerprint density at radius 3 is 1.42 bits per heavy atom. The average Bonchev–Trinajstić information content (AvgIpc) is 3.93. The highest BCUT2D eigenvalue weighted by atomic mass is 28.3. The predicted octanol–water partition coefficient (Wildman–Crippen LogP) is 13.3. The molecule has 1 aliphatic heterocycles. The van der Waals surface area contributed by atoms with Crippen LogP contribution < -0.4 is 30.4 Å². The third-order valence-corrected chi connectivity index (χ3v) is 18.6. The molecule has 0 fully saturated rings. The Labute approximate surface area is 399 Å². The molecule has 0 saturated carbocycles. The van der Waals surface area contributed by atoms with E-state index in [1.807, 2.05) is 36.4 Å². The molecule has 7 heteroatoms. The minimum absolute atomic E-state index is 0.608. The van der Waals surface area contributed by atoms with E-state index < -0.39 is 8.07 Å². The van der Waals surface area contributed by atoms with Crippen LogP contribution in [0.2, 0.25) is 0 Å². The van der Waals surface area contributed by atoms with Crippen molar-refractivity contribution in [2.24, 2.45) is 0 Å². The summed E-state index contributed by atoms with van der Waals surface area (Å²) in [5.74, 6) is 1.42. The van der Waals surface area contributed by atoms with Crippen molar-refractivity contribution >= 4 is 95.2 Å². The van der Waals surface area contributed by atoms with Crippen LogP contribution in [0.4, 0.5) is 22.7 Å². The molecule has 0 amide bonds. The fourth-order valence-corrected chi connectivity index (χ4v) is 15.7. The van der Waals surface area contributed by atoms with Crippen LogP contribution in [0.3, 0.4) is 0 Å². The first kappa shape index (κ1) is 39.9. The fraction of sp³-hybridized carbons (Fsp3) is 0. The number of ether oxygens (including phenoxy) is 1. The zero-order chi connectivity index (χ0) is 46.1. The number of anilines is 3. The lowest BCUT2D eigenvalue weighted by molar-refractivity contribution is 0.476. The highest BCUT2D eigenvalue weighted by Gasteiger charge is 2.42. The van der Waals surface area contributed by atoms with E-state index in [2.05, 4.69) is 225 Å². The van der Waals surface area contributed by atoms with Crippen LogP contribution in [0.5, 0.6) is 11.5 Å². The van der Waals surface area contributed by atoms with Crippen molar-refractivity contribution < 1.29 is 4.74 Å². The SMILES string of the molecule is [C-]#[N+]c1ccc2c(c1)c1ccccc1n2-c1ccc2c(c1)Oc1cc(-n3c4ccccc4c4cc(C#N)ccc43)ccc1N2c1cccc([Si](c2ccccc2)(c2ccccc2)c2ccccc2)c1. The number of hydrogen-bond acceptors (Lipinski definition) is 3. The van der Waals surface area contributed by atoms with Gasteiger partial charge in [-0.05, 0) is 105 Å². The predicted molar refractivity (Wildman–Crippen MR) is 284 cm³/mol. The molecule has 0 atom stereocenters. The number of nitriles is 1. The van der Waals surface area contributed by atoms with Crippen molar-refractivity contribution in [1.82, 2.24) is 9.13 Å². The quantitative estimate of drug-likeness (QED) is 0.0910. The topological polar surface area (TPSA) is 50.5 Å². The first-order valence-corrected chi connectivity index (χ1v) is 25.0. The molecule has 0 spiro atoms. The molecule has 0 N–H and O–H groups in total. The molecule has 13 rings (SSSR count). The summed E-state index contributed by atoms with van der Waals surface area (Å²) < 4.78 is 11.7. The zero-order valence-corrected chi connectivity index (χ0v) is 38.2. The number of para-hydroxylation sites is 2. The van der Waals surface area contributed by atoms with Crippen molar-refractivity contribution in [2.75, 3.05) is 4.90 Å². The number of benzene rings is 10. The van der Waals surface area contributed by atoms with Crippen LogP contribution >= 0.6 is 0 Å². The first-order valence-electron chi connectivity index (χ1n) is 23.0. The molecule has 0 bridgehead atoms. The van der Waals surface area contributed by atoms with Gasteiger partial charge in [0.1, 0.15) is 0 Å². The Balaban J connectivity index is 1.05. The molecular formula is C62H39N5OSi. The van der Waals surface area contributed by atoms with Crippen molar-refractivity contribution in [3.63, 3.8) is 0 Å². The Bertz CT molecular complexity index is 3810. The molecule has 3 heterocycles. The number of fused-ring (bicyclic) bond motifs is 8. The molecule has 1 aliphatic rings. The highest BCUT2D eigenvalue weighted by Crippen LogP contribution is 2.52. The van der Waals surface area contributed by atoms with E-state index in [4.69, 9.17) is 11.3 Å².